The van der Waals surface area contributed by atoms with Gasteiger partial charge in [-0.05, 0) is 12.2 Å². The van der Waals surface area contributed by atoms with E-state index in [1.165, 1.54) is 0 Å². The lowest BCUT2D eigenvalue weighted by atomic mass is 10.1. The maximum Gasteiger partial charge on any atom is 0.222 e. The van der Waals surface area contributed by atoms with Crippen LogP contribution in [0.1, 0.15) is 0 Å². The lowest BCUT2D eigenvalue weighted by molar-refractivity contribution is -0.116. The summed E-state index contributed by atoms with van der Waals surface area (Å²) < 4.78 is 24.0. The number of allylic oxidation sites excluding steroid dienone is 3. The number of ketones is 2. The second kappa shape index (κ2) is 3.42. The Morgan fingerprint density at radius 3 is 2.58 bits per heavy atom. The molecule has 0 bridgehead atoms. The molecule has 1 rings (SSSR count). The molecule has 0 aromatic heterocycles. The maximum atomic E-state index is 10.8. The average Bonchev–Trinajstić information content (AvgIpc) is 1.96. The van der Waals surface area contributed by atoms with Gasteiger partial charge in [-0.1, -0.05) is 0 Å². The van der Waals surface area contributed by atoms with Crippen LogP contribution in [0, 0.1) is 0 Å². The van der Waals surface area contributed by atoms with Crippen LogP contribution < -0.4 is 0 Å². The van der Waals surface area contributed by atoms with Gasteiger partial charge in [0.1, 0.15) is 11.4 Å². The van der Waals surface area contributed by atoms with Crippen LogP contribution in [0.25, 0.3) is 0 Å². The molecule has 0 saturated heterocycles. The molecule has 0 N–H and O–H groups in total. The van der Waals surface area contributed by atoms with Crippen LogP contribution in [0.2, 0.25) is 0 Å². The largest absolute Gasteiger partial charge is 0.740 e. The van der Waals surface area contributed by atoms with Gasteiger partial charge >= 0.3 is 0 Å². The summed E-state index contributed by atoms with van der Waals surface area (Å²) in [7, 11) is 0. The molecule has 64 valence electrons. The van der Waals surface area contributed by atoms with Crippen LogP contribution in [0.5, 0.6) is 0 Å². The molecule has 0 spiro atoms. The molecular weight excluding hydrogens is 184 g/mol. The highest BCUT2D eigenvalue weighted by Gasteiger charge is 2.14. The third kappa shape index (κ3) is 2.11. The molecule has 0 aromatic carbocycles. The molecule has 0 fully saturated rings. The first kappa shape index (κ1) is 8.82. The van der Waals surface area contributed by atoms with Crippen molar-refractivity contribution in [3.63, 3.8) is 0 Å². The molecule has 0 heterocycles. The summed E-state index contributed by atoms with van der Waals surface area (Å²) in [5.74, 6) is -1.59. The maximum absolute atomic E-state index is 10.8. The Morgan fingerprint density at radius 1 is 1.33 bits per heavy atom. The van der Waals surface area contributed by atoms with Gasteiger partial charge in [-0.3, -0.25) is 9.59 Å². The van der Waals surface area contributed by atoms with Crippen LogP contribution in [0.3, 0.4) is 0 Å². The Kier molecular flexibility index (Phi) is 2.51. The number of rotatable bonds is 2. The van der Waals surface area contributed by atoms with Crippen LogP contribution >= 0.6 is 0 Å². The molecule has 1 aliphatic rings. The lowest BCUT2D eigenvalue weighted by Gasteiger charge is -2.09. The normalized spacial score (nSPS) is 18.9. The van der Waals surface area contributed by atoms with Gasteiger partial charge in [0.05, 0.1) is 0 Å². The van der Waals surface area contributed by atoms with Crippen molar-refractivity contribution in [1.29, 1.82) is 0 Å². The first-order valence-electron chi connectivity index (χ1n) is 2.85. The minimum atomic E-state index is -2.82. The Labute approximate surface area is 70.2 Å². The topological polar surface area (TPSA) is 83.5 Å². The summed E-state index contributed by atoms with van der Waals surface area (Å²) in [6.45, 7) is 0. The van der Waals surface area contributed by atoms with Crippen LogP contribution in [0.15, 0.2) is 24.0 Å². The lowest BCUT2D eigenvalue weighted by Crippen LogP contribution is -2.11. The highest BCUT2D eigenvalue weighted by atomic mass is 32.2. The second-order valence-corrected chi connectivity index (χ2v) is 2.47. The summed E-state index contributed by atoms with van der Waals surface area (Å²) in [6, 6.07) is 0. The van der Waals surface area contributed by atoms with Gasteiger partial charge < -0.3 is 8.74 Å². The zero-order valence-electron chi connectivity index (χ0n) is 5.68. The summed E-state index contributed by atoms with van der Waals surface area (Å²) >= 11 is -2.82. The Balaban J connectivity index is 2.81. The third-order valence-corrected chi connectivity index (χ3v) is 1.39. The fourth-order valence-electron chi connectivity index (χ4n) is 0.627. The number of carbonyl (C=O) groups excluding carboxylic acids is 2. The van der Waals surface area contributed by atoms with Crippen molar-refractivity contribution in [2.24, 2.45) is 0 Å². The monoisotopic (exact) mass is 187 g/mol. The first-order valence-corrected chi connectivity index (χ1v) is 3.85. The van der Waals surface area contributed by atoms with Crippen molar-refractivity contribution in [3.05, 3.63) is 24.0 Å². The van der Waals surface area contributed by atoms with Gasteiger partial charge in [0.2, 0.25) is 5.78 Å². The molecule has 6 heteroatoms. The predicted octanol–water partition coefficient (Wildman–Crippen LogP) is -0.611. The highest BCUT2D eigenvalue weighted by molar-refractivity contribution is 7.74. The van der Waals surface area contributed by atoms with Gasteiger partial charge in [0, 0.05) is 6.08 Å². The van der Waals surface area contributed by atoms with Crippen molar-refractivity contribution in [2.75, 3.05) is 0 Å². The van der Waals surface area contributed by atoms with E-state index in [1.807, 2.05) is 0 Å². The Bertz CT molecular complexity index is 314. The van der Waals surface area contributed by atoms with Gasteiger partial charge in [-0.2, -0.15) is 0 Å². The summed E-state index contributed by atoms with van der Waals surface area (Å²) in [5, 5.41) is 0. The summed E-state index contributed by atoms with van der Waals surface area (Å²) in [6.07, 6.45) is 2.80. The van der Waals surface area contributed by atoms with E-state index >= 15 is 0 Å². The molecule has 0 aliphatic heterocycles. The van der Waals surface area contributed by atoms with Gasteiger partial charge in [-0.15, -0.1) is 0 Å². The summed E-state index contributed by atoms with van der Waals surface area (Å²) in [4.78, 5) is 21.4. The number of hydrogen-bond donors (Lipinski definition) is 0. The van der Waals surface area contributed by atoms with Crippen molar-refractivity contribution < 1.29 is 22.5 Å². The molecule has 0 radical (unpaired) electrons. The fourth-order valence-corrected chi connectivity index (χ4v) is 0.904. The average molecular weight is 187 g/mol. The first-order chi connectivity index (χ1) is 5.59. The van der Waals surface area contributed by atoms with Gasteiger partial charge in [-0.25, -0.2) is 4.21 Å². The minimum Gasteiger partial charge on any atom is -0.740 e. The Hall–Kier alpha value is -1.27. The smallest absolute Gasteiger partial charge is 0.222 e. The van der Waals surface area contributed by atoms with Crippen molar-refractivity contribution in [3.8, 4) is 0 Å². The standard InChI is InChI=1S/C6H4O5S/c7-4-1-2-5(8)6(3-4)11-12(9)10/h1-3H,(H,9,10)/p-1. The van der Waals surface area contributed by atoms with Crippen molar-refractivity contribution in [1.82, 2.24) is 0 Å². The van der Waals surface area contributed by atoms with Gasteiger partial charge in [0.15, 0.2) is 11.5 Å². The second-order valence-electron chi connectivity index (χ2n) is 1.90. The zero-order chi connectivity index (χ0) is 9.14. The molecule has 1 atom stereocenters. The molecule has 0 aromatic rings. The predicted molar refractivity (Wildman–Crippen MR) is 37.2 cm³/mol. The van der Waals surface area contributed by atoms with Gasteiger partial charge in [0.25, 0.3) is 0 Å². The highest BCUT2D eigenvalue weighted by Crippen LogP contribution is 2.07. The fraction of sp³-hybridized carbons (Fsp3) is 0. The van der Waals surface area contributed by atoms with Crippen LogP contribution in [0.4, 0.5) is 0 Å². The zero-order valence-corrected chi connectivity index (χ0v) is 6.50. The molecule has 1 aliphatic carbocycles. The third-order valence-electron chi connectivity index (χ3n) is 1.07. The molecular formula is C6H3O5S-. The molecule has 0 saturated carbocycles. The van der Waals surface area contributed by atoms with E-state index in [1.54, 1.807) is 0 Å². The molecule has 5 nitrogen and oxygen atoms in total. The van der Waals surface area contributed by atoms with E-state index < -0.39 is 28.7 Å². The van der Waals surface area contributed by atoms with Crippen molar-refractivity contribution >= 4 is 22.9 Å². The summed E-state index contributed by atoms with van der Waals surface area (Å²) in [5.41, 5.74) is 0. The van der Waals surface area contributed by atoms with Crippen LogP contribution in [-0.4, -0.2) is 20.3 Å². The molecule has 0 amide bonds. The van der Waals surface area contributed by atoms with E-state index in [2.05, 4.69) is 4.18 Å². The van der Waals surface area contributed by atoms with E-state index in [0.717, 1.165) is 18.2 Å². The molecule has 1 unspecified atom stereocenters. The quantitative estimate of drug-likeness (QED) is 0.425. The van der Waals surface area contributed by atoms with E-state index in [-0.39, 0.29) is 0 Å². The van der Waals surface area contributed by atoms with E-state index in [0.29, 0.717) is 0 Å². The van der Waals surface area contributed by atoms with Crippen LogP contribution in [-0.2, 0) is 25.1 Å². The Morgan fingerprint density at radius 2 is 2.00 bits per heavy atom. The minimum absolute atomic E-state index is 0.476. The number of carbonyl (C=O) groups is 2. The molecule has 12 heavy (non-hydrogen) atoms. The number of hydrogen-bond acceptors (Lipinski definition) is 5. The van der Waals surface area contributed by atoms with E-state index in [9.17, 15) is 18.4 Å². The van der Waals surface area contributed by atoms with E-state index in [4.69, 9.17) is 0 Å². The SMILES string of the molecule is O=C1C=CC(=O)C(OS(=O)[O-])=C1. The van der Waals surface area contributed by atoms with Crippen molar-refractivity contribution in [2.45, 2.75) is 0 Å².